The van der Waals surface area contributed by atoms with Gasteiger partial charge in [-0.2, -0.15) is 0 Å². The third-order valence-corrected chi connectivity index (χ3v) is 4.50. The number of rotatable bonds is 5. The summed E-state index contributed by atoms with van der Waals surface area (Å²) in [5.74, 6) is 1.08. The molecule has 1 aliphatic heterocycles. The first-order valence-electron chi connectivity index (χ1n) is 7.61. The fourth-order valence-corrected chi connectivity index (χ4v) is 3.13. The van der Waals surface area contributed by atoms with Crippen LogP contribution in [0.2, 0.25) is 0 Å². The normalized spacial score (nSPS) is 22.9. The van der Waals surface area contributed by atoms with E-state index in [0.29, 0.717) is 6.04 Å². The summed E-state index contributed by atoms with van der Waals surface area (Å²) in [4.78, 5) is 7.02. The molecule has 0 aromatic carbocycles. The molecule has 2 rings (SSSR count). The lowest BCUT2D eigenvalue weighted by atomic mass is 9.94. The predicted molar refractivity (Wildman–Crippen MR) is 90.8 cm³/mol. The molecular formula is C16H26BrN3O. The van der Waals surface area contributed by atoms with Crippen molar-refractivity contribution in [2.75, 3.05) is 25.1 Å². The van der Waals surface area contributed by atoms with Crippen LogP contribution in [0.3, 0.4) is 0 Å². The number of methoxy groups -OCH3 is 1. The number of nitrogens with one attached hydrogen (secondary N) is 1. The topological polar surface area (TPSA) is 37.4 Å². The summed E-state index contributed by atoms with van der Waals surface area (Å²) in [6.07, 6.45) is 4.13. The van der Waals surface area contributed by atoms with Gasteiger partial charge in [0.2, 0.25) is 0 Å². The van der Waals surface area contributed by atoms with Crippen LogP contribution in [0.15, 0.2) is 16.7 Å². The molecule has 5 heteroatoms. The molecule has 21 heavy (non-hydrogen) atoms. The SMILES string of the molecule is COC1(C)CCCN(c2ncc(Br)cc2CNC(C)C)C1. The Morgan fingerprint density at radius 2 is 2.29 bits per heavy atom. The zero-order valence-corrected chi connectivity index (χ0v) is 15.0. The van der Waals surface area contributed by atoms with E-state index in [2.05, 4.69) is 58.0 Å². The predicted octanol–water partition coefficient (Wildman–Crippen LogP) is 3.35. The molecule has 4 nitrogen and oxygen atoms in total. The first kappa shape index (κ1) is 16.7. The largest absolute Gasteiger partial charge is 0.377 e. The van der Waals surface area contributed by atoms with E-state index in [4.69, 9.17) is 4.74 Å². The molecule has 1 unspecified atom stereocenters. The Morgan fingerprint density at radius 3 is 2.95 bits per heavy atom. The summed E-state index contributed by atoms with van der Waals surface area (Å²) in [7, 11) is 1.81. The number of hydrogen-bond donors (Lipinski definition) is 1. The number of aromatic nitrogens is 1. The van der Waals surface area contributed by atoms with Crippen molar-refractivity contribution in [1.29, 1.82) is 0 Å². The van der Waals surface area contributed by atoms with Gasteiger partial charge in [0.1, 0.15) is 5.82 Å². The highest BCUT2D eigenvalue weighted by molar-refractivity contribution is 9.10. The van der Waals surface area contributed by atoms with Gasteiger partial charge in [0.15, 0.2) is 0 Å². The average Bonchev–Trinajstić information content (AvgIpc) is 2.45. The van der Waals surface area contributed by atoms with Gasteiger partial charge in [0.25, 0.3) is 0 Å². The summed E-state index contributed by atoms with van der Waals surface area (Å²) in [6.45, 7) is 9.28. The highest BCUT2D eigenvalue weighted by atomic mass is 79.9. The smallest absolute Gasteiger partial charge is 0.133 e. The lowest BCUT2D eigenvalue weighted by molar-refractivity contribution is -0.00485. The van der Waals surface area contributed by atoms with Gasteiger partial charge < -0.3 is 15.0 Å². The summed E-state index contributed by atoms with van der Waals surface area (Å²) in [5.41, 5.74) is 1.16. The van der Waals surface area contributed by atoms with Crippen molar-refractivity contribution >= 4 is 21.7 Å². The van der Waals surface area contributed by atoms with Crippen LogP contribution in [0.5, 0.6) is 0 Å². The zero-order valence-electron chi connectivity index (χ0n) is 13.4. The van der Waals surface area contributed by atoms with Crippen molar-refractivity contribution in [2.45, 2.75) is 51.8 Å². The molecule has 1 aromatic heterocycles. The maximum Gasteiger partial charge on any atom is 0.133 e. The monoisotopic (exact) mass is 355 g/mol. The van der Waals surface area contributed by atoms with Crippen molar-refractivity contribution in [3.05, 3.63) is 22.3 Å². The lowest BCUT2D eigenvalue weighted by Gasteiger charge is -2.40. The van der Waals surface area contributed by atoms with E-state index >= 15 is 0 Å². The van der Waals surface area contributed by atoms with Crippen molar-refractivity contribution in [2.24, 2.45) is 0 Å². The number of pyridine rings is 1. The molecule has 1 N–H and O–H groups in total. The molecule has 0 aliphatic carbocycles. The Kier molecular flexibility index (Phi) is 5.63. The number of halogens is 1. The van der Waals surface area contributed by atoms with Crippen LogP contribution in [0.25, 0.3) is 0 Å². The van der Waals surface area contributed by atoms with Crippen molar-refractivity contribution in [3.8, 4) is 0 Å². The molecule has 1 atom stereocenters. The van der Waals surface area contributed by atoms with Crippen LogP contribution in [-0.2, 0) is 11.3 Å². The van der Waals surface area contributed by atoms with Gasteiger partial charge in [0.05, 0.1) is 5.60 Å². The molecular weight excluding hydrogens is 330 g/mol. The standard InChI is InChI=1S/C16H26BrN3O/c1-12(2)18-9-13-8-14(17)10-19-15(13)20-7-5-6-16(3,11-20)21-4/h8,10,12,18H,5-7,9,11H2,1-4H3. The van der Waals surface area contributed by atoms with Gasteiger partial charge in [-0.1, -0.05) is 13.8 Å². The zero-order chi connectivity index (χ0) is 15.5. The van der Waals surface area contributed by atoms with Crippen LogP contribution in [0, 0.1) is 0 Å². The Labute approximate surface area is 136 Å². The summed E-state index contributed by atoms with van der Waals surface area (Å²) in [5, 5.41) is 3.48. The second-order valence-electron chi connectivity index (χ2n) is 6.35. The van der Waals surface area contributed by atoms with E-state index in [1.807, 2.05) is 6.20 Å². The molecule has 0 amide bonds. The van der Waals surface area contributed by atoms with E-state index in [1.54, 1.807) is 7.11 Å². The molecule has 0 saturated carbocycles. The number of hydrogen-bond acceptors (Lipinski definition) is 4. The first-order chi connectivity index (χ1) is 9.93. The molecule has 1 fully saturated rings. The number of anilines is 1. The van der Waals surface area contributed by atoms with Crippen LogP contribution in [0.4, 0.5) is 5.82 Å². The van der Waals surface area contributed by atoms with Gasteiger partial charge >= 0.3 is 0 Å². The van der Waals surface area contributed by atoms with Crippen molar-refractivity contribution in [3.63, 3.8) is 0 Å². The summed E-state index contributed by atoms with van der Waals surface area (Å²) < 4.78 is 6.72. The number of piperidine rings is 1. The van der Waals surface area contributed by atoms with Crippen molar-refractivity contribution in [1.82, 2.24) is 10.3 Å². The van der Waals surface area contributed by atoms with Crippen LogP contribution < -0.4 is 10.2 Å². The van der Waals surface area contributed by atoms with E-state index in [9.17, 15) is 0 Å². The molecule has 1 saturated heterocycles. The number of ether oxygens (including phenoxy) is 1. The van der Waals surface area contributed by atoms with E-state index in [0.717, 1.165) is 42.8 Å². The van der Waals surface area contributed by atoms with Gasteiger partial charge in [-0.25, -0.2) is 4.98 Å². The molecule has 1 aliphatic rings. The maximum atomic E-state index is 5.70. The van der Waals surface area contributed by atoms with Gasteiger partial charge in [-0.05, 0) is 41.8 Å². The maximum absolute atomic E-state index is 5.70. The molecule has 2 heterocycles. The van der Waals surface area contributed by atoms with Crippen LogP contribution in [0.1, 0.15) is 39.2 Å². The summed E-state index contributed by atoms with van der Waals surface area (Å²) >= 11 is 3.53. The van der Waals surface area contributed by atoms with E-state index in [-0.39, 0.29) is 5.60 Å². The highest BCUT2D eigenvalue weighted by Crippen LogP contribution is 2.30. The Morgan fingerprint density at radius 1 is 1.52 bits per heavy atom. The minimum absolute atomic E-state index is 0.0737. The van der Waals surface area contributed by atoms with Gasteiger partial charge in [0, 0.05) is 49.0 Å². The Balaban J connectivity index is 2.21. The Bertz CT molecular complexity index is 481. The van der Waals surface area contributed by atoms with Gasteiger partial charge in [-0.3, -0.25) is 0 Å². The highest BCUT2D eigenvalue weighted by Gasteiger charge is 2.32. The fraction of sp³-hybridized carbons (Fsp3) is 0.688. The quantitative estimate of drug-likeness (QED) is 0.878. The summed E-state index contributed by atoms with van der Waals surface area (Å²) in [6, 6.07) is 2.62. The third-order valence-electron chi connectivity index (χ3n) is 4.06. The number of nitrogens with zero attached hydrogens (tertiary/aromatic N) is 2. The molecule has 0 radical (unpaired) electrons. The lowest BCUT2D eigenvalue weighted by Crippen LogP contribution is -2.48. The minimum Gasteiger partial charge on any atom is -0.377 e. The van der Waals surface area contributed by atoms with Crippen molar-refractivity contribution < 1.29 is 4.74 Å². The third kappa shape index (κ3) is 4.41. The second kappa shape index (κ2) is 7.07. The molecule has 118 valence electrons. The van der Waals surface area contributed by atoms with E-state index < -0.39 is 0 Å². The molecule has 0 bridgehead atoms. The molecule has 0 spiro atoms. The van der Waals surface area contributed by atoms with Crippen LogP contribution >= 0.6 is 15.9 Å². The molecule has 1 aromatic rings. The minimum atomic E-state index is -0.0737. The fourth-order valence-electron chi connectivity index (χ4n) is 2.76. The Hall–Kier alpha value is -0.650. The van der Waals surface area contributed by atoms with Gasteiger partial charge in [-0.15, -0.1) is 0 Å². The first-order valence-corrected chi connectivity index (χ1v) is 8.41. The average molecular weight is 356 g/mol. The van der Waals surface area contributed by atoms with E-state index in [1.165, 1.54) is 5.56 Å². The van der Waals surface area contributed by atoms with Crippen LogP contribution in [-0.4, -0.2) is 36.8 Å². The second-order valence-corrected chi connectivity index (χ2v) is 7.27.